The minimum atomic E-state index is -3.77. The van der Waals surface area contributed by atoms with Crippen molar-refractivity contribution in [2.75, 3.05) is 12.4 Å². The van der Waals surface area contributed by atoms with E-state index in [0.717, 1.165) is 12.8 Å². The first-order valence-electron chi connectivity index (χ1n) is 3.62. The number of hydrogen-bond donors (Lipinski definition) is 2. The number of aliphatic hydroxyl groups is 1. The Morgan fingerprint density at radius 2 is 1.46 bits per heavy atom. The fraction of sp³-hybridized carbons (Fsp3) is 1.00. The number of rotatable bonds is 6. The fourth-order valence-corrected chi connectivity index (χ4v) is 1.32. The normalized spacial score (nSPS) is 10.0. The Hall–Kier alpha value is 1.35. The average Bonchev–Trinajstić information content (AvgIpc) is 1.85. The zero-order chi connectivity index (χ0) is 8.74. The number of halogens is 1. The molecule has 0 aromatic heterocycles. The topological polar surface area (TPSA) is 74.6 Å². The van der Waals surface area contributed by atoms with Crippen LogP contribution in [-0.4, -0.2) is 30.4 Å². The molecule has 0 aliphatic heterocycles. The zero-order valence-electron chi connectivity index (χ0n) is 7.74. The van der Waals surface area contributed by atoms with Crippen LogP contribution in [0.5, 0.6) is 0 Å². The largest absolute Gasteiger partial charge is 1.00 e. The molecule has 0 heterocycles. The molecule has 0 aromatic carbocycles. The molecule has 0 amide bonds. The van der Waals surface area contributed by atoms with E-state index in [2.05, 4.69) is 0 Å². The Kier molecular flexibility index (Phi) is 17.4. The summed E-state index contributed by atoms with van der Waals surface area (Å²) in [4.78, 5) is 0. The van der Waals surface area contributed by atoms with E-state index in [4.69, 9.17) is 9.66 Å². The van der Waals surface area contributed by atoms with Crippen molar-refractivity contribution in [2.45, 2.75) is 25.7 Å². The summed E-state index contributed by atoms with van der Waals surface area (Å²) in [7, 11) is -3.77. The van der Waals surface area contributed by atoms with E-state index in [1.54, 1.807) is 0 Å². The molecule has 0 saturated carbocycles. The van der Waals surface area contributed by atoms with Gasteiger partial charge in [0.2, 0.25) is 0 Å². The second-order valence-electron chi connectivity index (χ2n) is 2.42. The van der Waals surface area contributed by atoms with Crippen LogP contribution in [-0.2, 0) is 10.1 Å². The molecule has 0 unspecified atom stereocenters. The molecule has 0 radical (unpaired) electrons. The molecule has 0 aliphatic rings. The van der Waals surface area contributed by atoms with Crippen molar-refractivity contribution in [1.29, 1.82) is 0 Å². The summed E-state index contributed by atoms with van der Waals surface area (Å²) in [5, 5.41) is 8.36. The molecule has 0 saturated heterocycles. The average molecular weight is 285 g/mol. The maximum absolute atomic E-state index is 10.2. The van der Waals surface area contributed by atoms with Crippen LogP contribution in [0.4, 0.5) is 0 Å². The predicted octanol–water partition coefficient (Wildman–Crippen LogP) is -5.57. The van der Waals surface area contributed by atoms with Gasteiger partial charge in [-0.1, -0.05) is 12.8 Å². The molecule has 0 rings (SSSR count). The van der Waals surface area contributed by atoms with E-state index in [9.17, 15) is 8.42 Å². The quantitative estimate of drug-likeness (QED) is 0.290. The van der Waals surface area contributed by atoms with Crippen LogP contribution in [0.3, 0.4) is 0 Å². The third kappa shape index (κ3) is 19.7. The van der Waals surface area contributed by atoms with Crippen LogP contribution in [0, 0.1) is 0 Å². The first kappa shape index (κ1) is 19.9. The van der Waals surface area contributed by atoms with Gasteiger partial charge in [0.05, 0.1) is 5.75 Å². The third-order valence-electron chi connectivity index (χ3n) is 1.31. The molecule has 76 valence electrons. The van der Waals surface area contributed by atoms with E-state index in [-0.39, 0.29) is 58.9 Å². The Balaban J connectivity index is -0.000000500. The fourth-order valence-electron chi connectivity index (χ4n) is 0.750. The van der Waals surface area contributed by atoms with E-state index < -0.39 is 10.1 Å². The molecule has 7 heteroatoms. The van der Waals surface area contributed by atoms with Crippen LogP contribution < -0.4 is 46.5 Å². The van der Waals surface area contributed by atoms with E-state index in [0.29, 0.717) is 12.8 Å². The SMILES string of the molecule is O=S(=O)(O)CCCCCCO.[Br-].[Na+]. The van der Waals surface area contributed by atoms with Gasteiger partial charge >= 0.3 is 29.6 Å². The predicted molar refractivity (Wildman–Crippen MR) is 42.0 cm³/mol. The molecule has 0 atom stereocenters. The van der Waals surface area contributed by atoms with E-state index >= 15 is 0 Å². The summed E-state index contributed by atoms with van der Waals surface area (Å²) in [6.07, 6.45) is 2.72. The van der Waals surface area contributed by atoms with Crippen molar-refractivity contribution in [2.24, 2.45) is 0 Å². The van der Waals surface area contributed by atoms with Crippen LogP contribution >= 0.6 is 0 Å². The molecule has 4 nitrogen and oxygen atoms in total. The van der Waals surface area contributed by atoms with Gasteiger partial charge < -0.3 is 22.1 Å². The molecule has 13 heavy (non-hydrogen) atoms. The summed E-state index contributed by atoms with van der Waals surface area (Å²) in [5.41, 5.74) is 0. The molecule has 0 spiro atoms. The van der Waals surface area contributed by atoms with Gasteiger partial charge in [0, 0.05) is 6.61 Å². The van der Waals surface area contributed by atoms with Gasteiger partial charge in [-0.25, -0.2) is 0 Å². The van der Waals surface area contributed by atoms with Gasteiger partial charge in [0.1, 0.15) is 0 Å². The summed E-state index contributed by atoms with van der Waals surface area (Å²) in [6.45, 7) is 0.145. The molecular formula is C6H14BrNaO4S. The van der Waals surface area contributed by atoms with Gasteiger partial charge in [-0.3, -0.25) is 4.55 Å². The van der Waals surface area contributed by atoms with E-state index in [1.807, 2.05) is 0 Å². The molecule has 0 aliphatic carbocycles. The van der Waals surface area contributed by atoms with Crippen LogP contribution in [0.15, 0.2) is 0 Å². The van der Waals surface area contributed by atoms with Crippen molar-refractivity contribution in [1.82, 2.24) is 0 Å². The minimum absolute atomic E-state index is 0. The molecule has 0 fully saturated rings. The maximum Gasteiger partial charge on any atom is 1.00 e. The van der Waals surface area contributed by atoms with Crippen LogP contribution in [0.25, 0.3) is 0 Å². The second kappa shape index (κ2) is 11.4. The van der Waals surface area contributed by atoms with Crippen molar-refractivity contribution in [3.8, 4) is 0 Å². The molecule has 0 bridgehead atoms. The molecule has 2 N–H and O–H groups in total. The number of aliphatic hydroxyl groups excluding tert-OH is 1. The Bertz CT molecular complexity index is 183. The van der Waals surface area contributed by atoms with Crippen molar-refractivity contribution < 1.29 is 64.6 Å². The Morgan fingerprint density at radius 1 is 1.00 bits per heavy atom. The third-order valence-corrected chi connectivity index (χ3v) is 2.11. The Morgan fingerprint density at radius 3 is 1.85 bits per heavy atom. The summed E-state index contributed by atoms with van der Waals surface area (Å²) >= 11 is 0. The van der Waals surface area contributed by atoms with Crippen LogP contribution in [0.2, 0.25) is 0 Å². The monoisotopic (exact) mass is 284 g/mol. The first-order valence-corrected chi connectivity index (χ1v) is 5.23. The van der Waals surface area contributed by atoms with Gasteiger partial charge in [-0.05, 0) is 12.8 Å². The summed E-state index contributed by atoms with van der Waals surface area (Å²) < 4.78 is 28.6. The first-order chi connectivity index (χ1) is 5.06. The van der Waals surface area contributed by atoms with E-state index in [1.165, 1.54) is 0 Å². The number of unbranched alkanes of at least 4 members (excludes halogenated alkanes) is 3. The van der Waals surface area contributed by atoms with Crippen molar-refractivity contribution >= 4 is 10.1 Å². The van der Waals surface area contributed by atoms with Gasteiger partial charge in [0.15, 0.2) is 0 Å². The summed E-state index contributed by atoms with van der Waals surface area (Å²) in [6, 6.07) is 0. The number of hydrogen-bond acceptors (Lipinski definition) is 3. The van der Waals surface area contributed by atoms with Gasteiger partial charge in [-0.2, -0.15) is 8.42 Å². The van der Waals surface area contributed by atoms with Crippen molar-refractivity contribution in [3.63, 3.8) is 0 Å². The standard InChI is InChI=1S/C6H14O4S.BrH.Na/c7-5-3-1-2-4-6-11(8,9)10;;/h7H,1-6H2,(H,8,9,10);1H;/q;;+1/p-1. The molecular weight excluding hydrogens is 271 g/mol. The van der Waals surface area contributed by atoms with Crippen LogP contribution in [0.1, 0.15) is 25.7 Å². The smallest absolute Gasteiger partial charge is 1.00 e. The minimum Gasteiger partial charge on any atom is -1.00 e. The zero-order valence-corrected chi connectivity index (χ0v) is 12.1. The summed E-state index contributed by atoms with van der Waals surface area (Å²) in [5.74, 6) is -0.168. The van der Waals surface area contributed by atoms with Gasteiger partial charge in [0.25, 0.3) is 10.1 Å². The molecule has 0 aromatic rings. The Labute approximate surface area is 112 Å². The maximum atomic E-state index is 10.2. The van der Waals surface area contributed by atoms with Crippen molar-refractivity contribution in [3.05, 3.63) is 0 Å². The second-order valence-corrected chi connectivity index (χ2v) is 4.00. The van der Waals surface area contributed by atoms with Gasteiger partial charge in [-0.15, -0.1) is 0 Å².